The highest BCUT2D eigenvalue weighted by atomic mass is 16.5. The highest BCUT2D eigenvalue weighted by Crippen LogP contribution is 2.64. The van der Waals surface area contributed by atoms with Crippen molar-refractivity contribution in [1.29, 1.82) is 0 Å². The first-order chi connectivity index (χ1) is 31.7. The highest BCUT2D eigenvalue weighted by Gasteiger charge is 2.52. The Kier molecular flexibility index (Phi) is 7.32. The van der Waals surface area contributed by atoms with Gasteiger partial charge in [0.15, 0.2) is 17.5 Å². The summed E-state index contributed by atoms with van der Waals surface area (Å²) in [6, 6.07) is 73.8. The van der Waals surface area contributed by atoms with Gasteiger partial charge in [0.05, 0.1) is 16.4 Å². The number of ether oxygens (including phenoxy) is 1. The van der Waals surface area contributed by atoms with E-state index in [1.54, 1.807) is 0 Å². The maximum atomic E-state index is 6.79. The zero-order valence-corrected chi connectivity index (χ0v) is 34.5. The Balaban J connectivity index is 1.11. The van der Waals surface area contributed by atoms with Crippen LogP contribution < -0.4 is 4.74 Å². The lowest BCUT2D eigenvalue weighted by Gasteiger charge is -2.39. The second kappa shape index (κ2) is 13.3. The first kappa shape index (κ1) is 35.2. The fourth-order valence-corrected chi connectivity index (χ4v) is 11.2. The maximum Gasteiger partial charge on any atom is 0.164 e. The molecule has 2 aromatic heterocycles. The molecule has 2 aliphatic carbocycles. The molecule has 5 heteroatoms. The molecule has 64 heavy (non-hydrogen) atoms. The minimum Gasteiger partial charge on any atom is -0.457 e. The molecule has 9 aromatic carbocycles. The van der Waals surface area contributed by atoms with Crippen LogP contribution in [-0.4, -0.2) is 19.5 Å². The molecule has 5 nitrogen and oxygen atoms in total. The van der Waals surface area contributed by atoms with Gasteiger partial charge in [-0.15, -0.1) is 0 Å². The molecule has 1 aliphatic heterocycles. The van der Waals surface area contributed by atoms with Crippen molar-refractivity contribution in [2.45, 2.75) is 11.8 Å². The Morgan fingerprint density at radius 3 is 1.75 bits per heavy atom. The summed E-state index contributed by atoms with van der Waals surface area (Å²) < 4.78 is 9.21. The monoisotopic (exact) mass is 816 g/mol. The number of benzene rings is 9. The highest BCUT2D eigenvalue weighted by molar-refractivity contribution is 6.13. The predicted octanol–water partition coefficient (Wildman–Crippen LogP) is 14.0. The van der Waals surface area contributed by atoms with Crippen molar-refractivity contribution in [2.24, 2.45) is 0 Å². The van der Waals surface area contributed by atoms with Gasteiger partial charge in [0.25, 0.3) is 0 Å². The van der Waals surface area contributed by atoms with E-state index in [-0.39, 0.29) is 0 Å². The number of nitrogens with zero attached hydrogens (tertiary/aromatic N) is 4. The van der Waals surface area contributed by atoms with E-state index in [1.165, 1.54) is 44.2 Å². The van der Waals surface area contributed by atoms with Crippen LogP contribution in [0.1, 0.15) is 33.4 Å². The van der Waals surface area contributed by atoms with Gasteiger partial charge in [0, 0.05) is 44.3 Å². The molecule has 3 aliphatic rings. The summed E-state index contributed by atoms with van der Waals surface area (Å²) in [6.07, 6.45) is 0.885. The van der Waals surface area contributed by atoms with Gasteiger partial charge in [-0.2, -0.15) is 0 Å². The lowest BCUT2D eigenvalue weighted by molar-refractivity contribution is 0.436. The molecule has 14 rings (SSSR count). The first-order valence-corrected chi connectivity index (χ1v) is 21.9. The average molecular weight is 817 g/mol. The Morgan fingerprint density at radius 1 is 0.391 bits per heavy atom. The van der Waals surface area contributed by atoms with Gasteiger partial charge < -0.3 is 9.30 Å². The largest absolute Gasteiger partial charge is 0.457 e. The second-order valence-corrected chi connectivity index (χ2v) is 17.0. The number of aromatic nitrogens is 4. The van der Waals surface area contributed by atoms with Gasteiger partial charge in [0.2, 0.25) is 0 Å². The van der Waals surface area contributed by atoms with E-state index in [4.69, 9.17) is 19.7 Å². The summed E-state index contributed by atoms with van der Waals surface area (Å²) in [7, 11) is 0. The second-order valence-electron chi connectivity index (χ2n) is 17.0. The SMILES string of the molecule is c1ccc(-c2nc(-c3cccc4c3-c3ccccc3C4)nc(-c3cccc4c3-c3cc5c6ccccc6n(-c6ccccc6)c5cc3C43c4ccccc4Oc4ccccc43)n2)cc1. The van der Waals surface area contributed by atoms with Crippen LogP contribution in [0.4, 0.5) is 0 Å². The zero-order valence-electron chi connectivity index (χ0n) is 34.5. The van der Waals surface area contributed by atoms with Crippen molar-refractivity contribution in [2.75, 3.05) is 0 Å². The molecule has 0 N–H and O–H groups in total. The Labute approximate surface area is 369 Å². The third-order valence-electron chi connectivity index (χ3n) is 13.7. The van der Waals surface area contributed by atoms with Crippen LogP contribution in [0.3, 0.4) is 0 Å². The molecule has 0 bridgehead atoms. The summed E-state index contributed by atoms with van der Waals surface area (Å²) in [5, 5.41) is 2.38. The molecule has 0 fully saturated rings. The van der Waals surface area contributed by atoms with Crippen LogP contribution in [-0.2, 0) is 11.8 Å². The number of rotatable bonds is 4. The summed E-state index contributed by atoms with van der Waals surface area (Å²) in [5.74, 6) is 3.62. The van der Waals surface area contributed by atoms with Gasteiger partial charge in [0.1, 0.15) is 11.5 Å². The number of hydrogen-bond acceptors (Lipinski definition) is 4. The smallest absolute Gasteiger partial charge is 0.164 e. The molecule has 0 amide bonds. The fourth-order valence-electron chi connectivity index (χ4n) is 11.2. The van der Waals surface area contributed by atoms with E-state index in [0.717, 1.165) is 73.6 Å². The van der Waals surface area contributed by atoms with Gasteiger partial charge in [-0.25, -0.2) is 15.0 Å². The van der Waals surface area contributed by atoms with Crippen LogP contribution in [0.25, 0.3) is 83.9 Å². The molecular weight excluding hydrogens is 781 g/mol. The lowest BCUT2D eigenvalue weighted by Crippen LogP contribution is -2.32. The van der Waals surface area contributed by atoms with Gasteiger partial charge in [-0.1, -0.05) is 164 Å². The summed E-state index contributed by atoms with van der Waals surface area (Å²) in [4.78, 5) is 16.2. The Bertz CT molecular complexity index is 3690. The van der Waals surface area contributed by atoms with E-state index in [2.05, 4.69) is 193 Å². The van der Waals surface area contributed by atoms with Gasteiger partial charge in [-0.05, 0) is 93.4 Å². The molecule has 298 valence electrons. The normalized spacial score (nSPS) is 13.5. The molecule has 0 atom stereocenters. The number of fused-ring (bicyclic) bond motifs is 15. The number of hydrogen-bond donors (Lipinski definition) is 0. The molecule has 0 radical (unpaired) electrons. The van der Waals surface area contributed by atoms with Crippen molar-refractivity contribution < 1.29 is 4.74 Å². The van der Waals surface area contributed by atoms with Crippen molar-refractivity contribution in [1.82, 2.24) is 19.5 Å². The van der Waals surface area contributed by atoms with E-state index in [9.17, 15) is 0 Å². The lowest BCUT2D eigenvalue weighted by atomic mass is 9.66. The van der Waals surface area contributed by atoms with Crippen LogP contribution in [0.15, 0.2) is 206 Å². The zero-order chi connectivity index (χ0) is 41.9. The van der Waals surface area contributed by atoms with E-state index in [1.807, 2.05) is 18.2 Å². The molecule has 0 saturated heterocycles. The van der Waals surface area contributed by atoms with E-state index >= 15 is 0 Å². The summed E-state index contributed by atoms with van der Waals surface area (Å²) in [5.41, 5.74) is 17.5. The fraction of sp³-hybridized carbons (Fsp3) is 0.0339. The van der Waals surface area contributed by atoms with Crippen molar-refractivity contribution in [3.63, 3.8) is 0 Å². The molecule has 3 heterocycles. The van der Waals surface area contributed by atoms with Crippen molar-refractivity contribution in [3.05, 3.63) is 240 Å². The standard InChI is InChI=1S/C59H36N4O/c1-3-17-36(18-4-1)56-60-57(42-25-15-20-38-33-37-19-7-8-23-40(37)54(38)42)62-58(61-56)43-26-16-29-48-55(43)45-34-44-41-24-9-12-30-50(41)63(39-21-5-2-6-22-39)51(44)35-49(45)59(48)46-27-10-13-31-52(46)64-53-32-14-11-28-47(53)59/h1-32,34-35H,33H2. The minimum atomic E-state index is -0.722. The third-order valence-corrected chi connectivity index (χ3v) is 13.7. The molecule has 0 saturated carbocycles. The van der Waals surface area contributed by atoms with Gasteiger partial charge >= 0.3 is 0 Å². The van der Waals surface area contributed by atoms with Gasteiger partial charge in [-0.3, -0.25) is 0 Å². The summed E-state index contributed by atoms with van der Waals surface area (Å²) in [6.45, 7) is 0. The third kappa shape index (κ3) is 4.81. The minimum absolute atomic E-state index is 0.632. The van der Waals surface area contributed by atoms with Crippen LogP contribution in [0.5, 0.6) is 11.5 Å². The quantitative estimate of drug-likeness (QED) is 0.178. The van der Waals surface area contributed by atoms with Crippen LogP contribution in [0, 0.1) is 0 Å². The molecular formula is C59H36N4O. The average Bonchev–Trinajstić information content (AvgIpc) is 4.00. The predicted molar refractivity (Wildman–Crippen MR) is 256 cm³/mol. The van der Waals surface area contributed by atoms with E-state index < -0.39 is 5.41 Å². The maximum absolute atomic E-state index is 6.79. The van der Waals surface area contributed by atoms with Crippen LogP contribution >= 0.6 is 0 Å². The van der Waals surface area contributed by atoms with Crippen LogP contribution in [0.2, 0.25) is 0 Å². The van der Waals surface area contributed by atoms with Crippen molar-refractivity contribution >= 4 is 21.8 Å². The van der Waals surface area contributed by atoms with Crippen molar-refractivity contribution in [3.8, 4) is 73.6 Å². The molecule has 11 aromatic rings. The molecule has 1 spiro atoms. The Hall–Kier alpha value is -8.41. The topological polar surface area (TPSA) is 52.8 Å². The summed E-state index contributed by atoms with van der Waals surface area (Å²) >= 11 is 0. The first-order valence-electron chi connectivity index (χ1n) is 21.9. The molecule has 0 unspecified atom stereocenters. The number of para-hydroxylation sites is 4. The van der Waals surface area contributed by atoms with E-state index in [0.29, 0.717) is 17.5 Å². The Morgan fingerprint density at radius 2 is 0.969 bits per heavy atom.